The molecule has 0 aliphatic carbocycles. The van der Waals surface area contributed by atoms with Crippen molar-refractivity contribution in [3.63, 3.8) is 0 Å². The van der Waals surface area contributed by atoms with Crippen molar-refractivity contribution in [2.75, 3.05) is 25.0 Å². The molecule has 0 spiro atoms. The number of aliphatic imine (C=N–C) groups is 1. The predicted octanol–water partition coefficient (Wildman–Crippen LogP) is 2.56. The summed E-state index contributed by atoms with van der Waals surface area (Å²) in [7, 11) is 0. The number of benzene rings is 2. The van der Waals surface area contributed by atoms with E-state index in [-0.39, 0.29) is 6.61 Å². The number of para-hydroxylation sites is 1. The molecule has 0 saturated carbocycles. The summed E-state index contributed by atoms with van der Waals surface area (Å²) in [5.74, 6) is 0. The molecule has 0 bridgehead atoms. The van der Waals surface area contributed by atoms with Gasteiger partial charge in [0.25, 0.3) is 0 Å². The van der Waals surface area contributed by atoms with Crippen molar-refractivity contribution < 1.29 is 5.11 Å². The molecule has 156 valence electrons. The van der Waals surface area contributed by atoms with Crippen molar-refractivity contribution in [2.45, 2.75) is 32.5 Å². The summed E-state index contributed by atoms with van der Waals surface area (Å²) in [6.07, 6.45) is 7.26. The first-order valence-electron chi connectivity index (χ1n) is 10.6. The standard InChI is InChI=1S/C25H30N4O/c1-3-22-19(15-26-2)7-6-9-24(22)27-21-11-12-28(18-21)16-20-17-29(13-14-30)25-10-5-4-8-23(20)25/h3-10,15,17,21,27,30H,2,11-14,16,18H2,1H3/b19-15-,22-3+. The van der Waals surface area contributed by atoms with Crippen LogP contribution in [0.15, 0.2) is 53.7 Å². The molecule has 5 heteroatoms. The lowest BCUT2D eigenvalue weighted by molar-refractivity contribution is 0.277. The highest BCUT2D eigenvalue weighted by Gasteiger charge is 2.23. The van der Waals surface area contributed by atoms with Crippen molar-refractivity contribution in [3.8, 4) is 0 Å². The van der Waals surface area contributed by atoms with E-state index in [0.29, 0.717) is 12.6 Å². The molecule has 1 aromatic heterocycles. The van der Waals surface area contributed by atoms with Crippen LogP contribution in [0, 0.1) is 0 Å². The second-order valence-corrected chi connectivity index (χ2v) is 7.86. The van der Waals surface area contributed by atoms with Gasteiger partial charge in [-0.1, -0.05) is 36.4 Å². The SMILES string of the molecule is C=N/C=c1/cccc(NC2CCN(Cc3cn(CCO)c4ccccc34)C2)/c1=C/C. The molecule has 1 saturated heterocycles. The number of likely N-dealkylation sites (tertiary alicyclic amines) is 1. The van der Waals surface area contributed by atoms with Crippen LogP contribution in [0.25, 0.3) is 23.2 Å². The topological polar surface area (TPSA) is 52.8 Å². The molecule has 2 aromatic carbocycles. The zero-order valence-corrected chi connectivity index (χ0v) is 17.6. The van der Waals surface area contributed by atoms with Crippen LogP contribution in [0.3, 0.4) is 0 Å². The highest BCUT2D eigenvalue weighted by Crippen LogP contribution is 2.24. The van der Waals surface area contributed by atoms with Crippen molar-refractivity contribution >= 4 is 35.6 Å². The van der Waals surface area contributed by atoms with E-state index in [1.165, 1.54) is 21.7 Å². The molecule has 2 heterocycles. The number of aliphatic hydroxyl groups excluding tert-OH is 1. The molecule has 3 aromatic rings. The zero-order chi connectivity index (χ0) is 20.9. The summed E-state index contributed by atoms with van der Waals surface area (Å²) < 4.78 is 2.16. The number of hydrogen-bond donors (Lipinski definition) is 2. The van der Waals surface area contributed by atoms with E-state index in [1.807, 2.05) is 6.20 Å². The quantitative estimate of drug-likeness (QED) is 0.597. The van der Waals surface area contributed by atoms with Gasteiger partial charge in [-0.3, -0.25) is 9.89 Å². The summed E-state index contributed by atoms with van der Waals surface area (Å²) in [5.41, 5.74) is 3.68. The van der Waals surface area contributed by atoms with Crippen LogP contribution in [-0.4, -0.2) is 47.0 Å². The Balaban J connectivity index is 1.49. The second-order valence-electron chi connectivity index (χ2n) is 7.86. The monoisotopic (exact) mass is 402 g/mol. The van der Waals surface area contributed by atoms with Crippen LogP contribution < -0.4 is 15.8 Å². The maximum atomic E-state index is 9.39. The Hall–Kier alpha value is -2.89. The third kappa shape index (κ3) is 4.18. The normalized spacial score (nSPS) is 18.4. The zero-order valence-electron chi connectivity index (χ0n) is 17.6. The summed E-state index contributed by atoms with van der Waals surface area (Å²) >= 11 is 0. The number of fused-ring (bicyclic) bond motifs is 1. The molecule has 30 heavy (non-hydrogen) atoms. The van der Waals surface area contributed by atoms with Gasteiger partial charge >= 0.3 is 0 Å². The Morgan fingerprint density at radius 3 is 2.90 bits per heavy atom. The first kappa shape index (κ1) is 20.4. The van der Waals surface area contributed by atoms with E-state index in [4.69, 9.17) is 0 Å². The molecule has 4 rings (SSSR count). The molecule has 5 nitrogen and oxygen atoms in total. The summed E-state index contributed by atoms with van der Waals surface area (Å²) in [5, 5.41) is 16.7. The second kappa shape index (κ2) is 9.28. The van der Waals surface area contributed by atoms with Crippen molar-refractivity contribution in [2.24, 2.45) is 4.99 Å². The molecule has 1 atom stereocenters. The summed E-state index contributed by atoms with van der Waals surface area (Å²) in [6.45, 7) is 9.45. The number of aliphatic hydroxyl groups is 1. The lowest BCUT2D eigenvalue weighted by Gasteiger charge is -2.17. The van der Waals surface area contributed by atoms with Gasteiger partial charge in [-0.25, -0.2) is 0 Å². The molecule has 2 N–H and O–H groups in total. The number of nitrogens with one attached hydrogen (secondary N) is 1. The van der Waals surface area contributed by atoms with Gasteiger partial charge < -0.3 is 15.0 Å². The Morgan fingerprint density at radius 1 is 1.23 bits per heavy atom. The van der Waals surface area contributed by atoms with Crippen molar-refractivity contribution in [1.82, 2.24) is 9.47 Å². The molecular weight excluding hydrogens is 372 g/mol. The summed E-state index contributed by atoms with van der Waals surface area (Å²) in [6, 6.07) is 15.2. The minimum Gasteiger partial charge on any atom is -0.395 e. The van der Waals surface area contributed by atoms with Crippen LogP contribution in [0.2, 0.25) is 0 Å². The number of aromatic nitrogens is 1. The first-order valence-corrected chi connectivity index (χ1v) is 10.6. The van der Waals surface area contributed by atoms with Gasteiger partial charge in [0.15, 0.2) is 0 Å². The van der Waals surface area contributed by atoms with Crippen LogP contribution in [-0.2, 0) is 13.1 Å². The van der Waals surface area contributed by atoms with Crippen LogP contribution >= 0.6 is 0 Å². The highest BCUT2D eigenvalue weighted by atomic mass is 16.3. The van der Waals surface area contributed by atoms with Gasteiger partial charge in [-0.2, -0.15) is 0 Å². The van der Waals surface area contributed by atoms with Crippen molar-refractivity contribution in [1.29, 1.82) is 0 Å². The van der Waals surface area contributed by atoms with E-state index in [0.717, 1.165) is 37.0 Å². The van der Waals surface area contributed by atoms with Gasteiger partial charge in [-0.05, 0) is 37.8 Å². The molecule has 1 aliphatic rings. The fourth-order valence-electron chi connectivity index (χ4n) is 4.54. The third-order valence-corrected chi connectivity index (χ3v) is 5.90. The van der Waals surface area contributed by atoms with Crippen LogP contribution in [0.4, 0.5) is 5.69 Å². The fourth-order valence-corrected chi connectivity index (χ4v) is 4.54. The van der Waals surface area contributed by atoms with E-state index in [9.17, 15) is 5.11 Å². The smallest absolute Gasteiger partial charge is 0.0610 e. The van der Waals surface area contributed by atoms with Crippen LogP contribution in [0.1, 0.15) is 18.9 Å². The maximum Gasteiger partial charge on any atom is 0.0610 e. The third-order valence-electron chi connectivity index (χ3n) is 5.90. The molecular formula is C25H30N4O. The maximum absolute atomic E-state index is 9.39. The van der Waals surface area contributed by atoms with E-state index < -0.39 is 0 Å². The number of nitrogens with zero attached hydrogens (tertiary/aromatic N) is 3. The molecule has 0 radical (unpaired) electrons. The predicted molar refractivity (Wildman–Crippen MR) is 126 cm³/mol. The first-order chi connectivity index (χ1) is 14.7. The molecule has 1 fully saturated rings. The Bertz CT molecular complexity index is 1150. The highest BCUT2D eigenvalue weighted by molar-refractivity contribution is 5.84. The van der Waals surface area contributed by atoms with Crippen LogP contribution in [0.5, 0.6) is 0 Å². The Kier molecular flexibility index (Phi) is 6.31. The summed E-state index contributed by atoms with van der Waals surface area (Å²) in [4.78, 5) is 6.45. The van der Waals surface area contributed by atoms with Gasteiger partial charge in [-0.15, -0.1) is 0 Å². The van der Waals surface area contributed by atoms with Gasteiger partial charge in [0.05, 0.1) is 6.61 Å². The average Bonchev–Trinajstić information content (AvgIpc) is 3.34. The molecule has 1 aliphatic heterocycles. The average molecular weight is 403 g/mol. The van der Waals surface area contributed by atoms with Crippen molar-refractivity contribution in [3.05, 3.63) is 64.7 Å². The number of hydrogen-bond acceptors (Lipinski definition) is 4. The number of anilines is 1. The van der Waals surface area contributed by atoms with Gasteiger partial charge in [0.2, 0.25) is 0 Å². The Labute approximate surface area is 177 Å². The van der Waals surface area contributed by atoms with E-state index in [1.54, 1.807) is 0 Å². The molecule has 0 amide bonds. The van der Waals surface area contributed by atoms with E-state index in [2.05, 4.69) is 88.2 Å². The Morgan fingerprint density at radius 2 is 2.10 bits per heavy atom. The number of rotatable bonds is 7. The van der Waals surface area contributed by atoms with E-state index >= 15 is 0 Å². The minimum atomic E-state index is 0.155. The van der Waals surface area contributed by atoms with Gasteiger partial charge in [0.1, 0.15) is 0 Å². The molecule has 1 unspecified atom stereocenters. The van der Waals surface area contributed by atoms with Gasteiger partial charge in [0, 0.05) is 71.6 Å². The largest absolute Gasteiger partial charge is 0.395 e. The minimum absolute atomic E-state index is 0.155. The lowest BCUT2D eigenvalue weighted by Crippen LogP contribution is -2.32. The fraction of sp³-hybridized carbons (Fsp3) is 0.320. The lowest BCUT2D eigenvalue weighted by atomic mass is 10.1.